The van der Waals surface area contributed by atoms with Crippen LogP contribution in [-0.4, -0.2) is 63.9 Å². The number of nitrogens with zero attached hydrogens (tertiary/aromatic N) is 2. The summed E-state index contributed by atoms with van der Waals surface area (Å²) in [5.74, 6) is 0.393. The molecule has 1 saturated heterocycles. The average molecular weight is 576 g/mol. The number of carbonyl (C=O) groups excluding carboxylic acids is 1. The van der Waals surface area contributed by atoms with E-state index in [0.717, 1.165) is 56.3 Å². The molecule has 5 rings (SSSR count). The van der Waals surface area contributed by atoms with E-state index in [1.54, 1.807) is 0 Å². The van der Waals surface area contributed by atoms with Crippen LogP contribution in [0, 0.1) is 0 Å². The fourth-order valence-electron chi connectivity index (χ4n) is 7.63. The van der Waals surface area contributed by atoms with Gasteiger partial charge < -0.3 is 20.4 Å². The quantitative estimate of drug-likeness (QED) is 0.325. The van der Waals surface area contributed by atoms with Crippen molar-refractivity contribution >= 4 is 5.91 Å². The number of unbranched alkanes of at least 4 members (excludes halogenated alkanes) is 1. The van der Waals surface area contributed by atoms with Gasteiger partial charge in [0.05, 0.1) is 11.8 Å². The molecule has 0 spiro atoms. The van der Waals surface area contributed by atoms with Gasteiger partial charge in [-0.15, -0.1) is 0 Å². The monoisotopic (exact) mass is 575 g/mol. The molecule has 2 unspecified atom stereocenters. The largest absolute Gasteiger partial charge is 0.396 e. The molecule has 1 saturated carbocycles. The molecular weight excluding hydrogens is 522 g/mol. The van der Waals surface area contributed by atoms with Gasteiger partial charge in [0.25, 0.3) is 0 Å². The maximum absolute atomic E-state index is 13.6. The third-order valence-electron chi connectivity index (χ3n) is 10.5. The molecule has 0 bridgehead atoms. The summed E-state index contributed by atoms with van der Waals surface area (Å²) in [7, 11) is 0. The number of hydrogen-bond acceptors (Lipinski definition) is 5. The normalized spacial score (nSPS) is 27.1. The molecule has 6 nitrogen and oxygen atoms in total. The summed E-state index contributed by atoms with van der Waals surface area (Å²) in [6.45, 7) is 10.9. The number of nitrogens with one attached hydrogen (secondary N) is 1. The van der Waals surface area contributed by atoms with Crippen LogP contribution >= 0.6 is 0 Å². The number of carbonyl (C=O) groups is 1. The standard InChI is InChI=1S/C36H53N3O3/c1-35(2)19-20-36(3,4)29-24-26(15-17-28(29)35)31-13-9-12-30(38-31)25-10-5-6-11-27(16-14-25)39(22-7-8-23-40)34(42)33-32(41)18-21-37-33/h9,12-13,15,17,24-25,27,32-33,37,40-41H,5-8,10-11,14,16,18-23H2,1-4H3/t25?,27?,32-,33-/m0/s1. The molecule has 2 aromatic rings. The molecule has 2 fully saturated rings. The molecule has 1 aromatic heterocycles. The Labute approximate surface area is 253 Å². The molecule has 42 heavy (non-hydrogen) atoms. The molecule has 1 aliphatic heterocycles. The van der Waals surface area contributed by atoms with Crippen molar-refractivity contribution in [3.63, 3.8) is 0 Å². The lowest BCUT2D eigenvalue weighted by atomic mass is 9.63. The van der Waals surface area contributed by atoms with Crippen molar-refractivity contribution in [3.8, 4) is 11.3 Å². The molecule has 3 N–H and O–H groups in total. The van der Waals surface area contributed by atoms with Gasteiger partial charge in [0.2, 0.25) is 5.91 Å². The van der Waals surface area contributed by atoms with Crippen molar-refractivity contribution in [2.24, 2.45) is 0 Å². The molecule has 0 radical (unpaired) electrons. The molecule has 4 atom stereocenters. The SMILES string of the molecule is CC1(C)CCC(C)(C)c2cc(-c3cccc(C4CCCCC(N(CCCCO)C(=O)[C@H]5NCC[C@@H]5O)CC4)n3)ccc21. The molecule has 2 heterocycles. The van der Waals surface area contributed by atoms with Crippen LogP contribution in [0.15, 0.2) is 36.4 Å². The Morgan fingerprint density at radius 3 is 2.45 bits per heavy atom. The summed E-state index contributed by atoms with van der Waals surface area (Å²) in [5.41, 5.74) is 6.72. The Morgan fingerprint density at radius 1 is 0.952 bits per heavy atom. The number of rotatable bonds is 8. The van der Waals surface area contributed by atoms with Crippen molar-refractivity contribution in [3.05, 3.63) is 53.2 Å². The van der Waals surface area contributed by atoms with Gasteiger partial charge in [-0.3, -0.25) is 9.78 Å². The summed E-state index contributed by atoms with van der Waals surface area (Å²) in [6.07, 6.45) is 10.1. The van der Waals surface area contributed by atoms with E-state index in [9.17, 15) is 15.0 Å². The van der Waals surface area contributed by atoms with Crippen LogP contribution in [-0.2, 0) is 15.6 Å². The molecule has 2 aliphatic carbocycles. The van der Waals surface area contributed by atoms with Crippen molar-refractivity contribution in [1.29, 1.82) is 0 Å². The topological polar surface area (TPSA) is 85.7 Å². The third-order valence-corrected chi connectivity index (χ3v) is 10.5. The number of hydrogen-bond donors (Lipinski definition) is 3. The summed E-state index contributed by atoms with van der Waals surface area (Å²) in [6, 6.07) is 13.2. The zero-order chi connectivity index (χ0) is 29.9. The Morgan fingerprint density at radius 2 is 1.71 bits per heavy atom. The minimum Gasteiger partial charge on any atom is -0.396 e. The average Bonchev–Trinajstić information content (AvgIpc) is 3.40. The predicted octanol–water partition coefficient (Wildman–Crippen LogP) is 6.23. The summed E-state index contributed by atoms with van der Waals surface area (Å²) >= 11 is 0. The van der Waals surface area contributed by atoms with Crippen LogP contribution < -0.4 is 5.32 Å². The summed E-state index contributed by atoms with van der Waals surface area (Å²) in [5, 5.41) is 23.1. The number of fused-ring (bicyclic) bond motifs is 1. The number of aromatic nitrogens is 1. The number of aliphatic hydroxyl groups excluding tert-OH is 2. The lowest BCUT2D eigenvalue weighted by Gasteiger charge is -2.42. The Hall–Kier alpha value is -2.28. The van der Waals surface area contributed by atoms with Crippen molar-refractivity contribution < 1.29 is 15.0 Å². The lowest BCUT2D eigenvalue weighted by molar-refractivity contribution is -0.138. The van der Waals surface area contributed by atoms with Crippen LogP contribution in [0.1, 0.15) is 121 Å². The minimum atomic E-state index is -0.619. The zero-order valence-corrected chi connectivity index (χ0v) is 26.4. The Balaban J connectivity index is 1.34. The smallest absolute Gasteiger partial charge is 0.242 e. The van der Waals surface area contributed by atoms with E-state index in [1.807, 2.05) is 4.90 Å². The van der Waals surface area contributed by atoms with Gasteiger partial charge in [-0.05, 0) is 104 Å². The lowest BCUT2D eigenvalue weighted by Crippen LogP contribution is -2.52. The fourth-order valence-corrected chi connectivity index (χ4v) is 7.63. The summed E-state index contributed by atoms with van der Waals surface area (Å²) in [4.78, 5) is 20.9. The van der Waals surface area contributed by atoms with E-state index in [4.69, 9.17) is 4.98 Å². The first-order valence-electron chi connectivity index (χ1n) is 16.6. The van der Waals surface area contributed by atoms with Gasteiger partial charge in [-0.25, -0.2) is 0 Å². The second kappa shape index (κ2) is 13.2. The first-order valence-corrected chi connectivity index (χ1v) is 16.6. The second-order valence-corrected chi connectivity index (χ2v) is 14.4. The molecule has 6 heteroatoms. The van der Waals surface area contributed by atoms with Crippen LogP contribution in [0.5, 0.6) is 0 Å². The fraction of sp³-hybridized carbons (Fsp3) is 0.667. The molecule has 230 valence electrons. The van der Waals surface area contributed by atoms with Crippen LogP contribution in [0.2, 0.25) is 0 Å². The molecule has 1 aromatic carbocycles. The van der Waals surface area contributed by atoms with Crippen molar-refractivity contribution in [2.75, 3.05) is 19.7 Å². The van der Waals surface area contributed by atoms with Gasteiger partial charge in [0.1, 0.15) is 6.04 Å². The number of amides is 1. The second-order valence-electron chi connectivity index (χ2n) is 14.4. The van der Waals surface area contributed by atoms with Gasteiger partial charge in [0.15, 0.2) is 0 Å². The minimum absolute atomic E-state index is 0.0266. The first-order chi connectivity index (χ1) is 20.1. The molecule has 1 amide bonds. The van der Waals surface area contributed by atoms with Gasteiger partial charge in [-0.2, -0.15) is 0 Å². The van der Waals surface area contributed by atoms with E-state index >= 15 is 0 Å². The van der Waals surface area contributed by atoms with E-state index in [0.29, 0.717) is 31.8 Å². The Bertz CT molecular complexity index is 1230. The van der Waals surface area contributed by atoms with Crippen molar-refractivity contribution in [1.82, 2.24) is 15.2 Å². The highest BCUT2D eigenvalue weighted by molar-refractivity contribution is 5.83. The Kier molecular flexibility index (Phi) is 9.76. The van der Waals surface area contributed by atoms with E-state index in [-0.39, 0.29) is 29.4 Å². The van der Waals surface area contributed by atoms with E-state index in [2.05, 4.69) is 69.4 Å². The maximum atomic E-state index is 13.6. The van der Waals surface area contributed by atoms with E-state index < -0.39 is 12.1 Å². The van der Waals surface area contributed by atoms with E-state index in [1.165, 1.54) is 29.5 Å². The highest BCUT2D eigenvalue weighted by Gasteiger charge is 2.38. The number of pyridine rings is 1. The van der Waals surface area contributed by atoms with Crippen molar-refractivity contribution in [2.45, 2.75) is 133 Å². The highest BCUT2D eigenvalue weighted by atomic mass is 16.3. The van der Waals surface area contributed by atoms with Crippen LogP contribution in [0.3, 0.4) is 0 Å². The van der Waals surface area contributed by atoms with Crippen LogP contribution in [0.4, 0.5) is 0 Å². The first kappa shape index (κ1) is 31.2. The maximum Gasteiger partial charge on any atom is 0.242 e. The van der Waals surface area contributed by atoms with Crippen LogP contribution in [0.25, 0.3) is 11.3 Å². The number of benzene rings is 1. The van der Waals surface area contributed by atoms with Gasteiger partial charge in [-0.1, -0.05) is 58.7 Å². The zero-order valence-electron chi connectivity index (χ0n) is 26.4. The van der Waals surface area contributed by atoms with Gasteiger partial charge >= 0.3 is 0 Å². The third kappa shape index (κ3) is 6.76. The highest BCUT2D eigenvalue weighted by Crippen LogP contribution is 2.46. The number of aliphatic hydroxyl groups is 2. The molecular formula is C36H53N3O3. The predicted molar refractivity (Wildman–Crippen MR) is 170 cm³/mol. The van der Waals surface area contributed by atoms with Gasteiger partial charge in [0, 0.05) is 36.4 Å². The summed E-state index contributed by atoms with van der Waals surface area (Å²) < 4.78 is 0. The molecule has 3 aliphatic rings.